The zero-order valence-electron chi connectivity index (χ0n) is 12.3. The summed E-state index contributed by atoms with van der Waals surface area (Å²) in [6.07, 6.45) is 0.731. The van der Waals surface area contributed by atoms with Crippen LogP contribution in [0.1, 0.15) is 34.2 Å². The van der Waals surface area contributed by atoms with E-state index in [1.807, 2.05) is 13.8 Å². The van der Waals surface area contributed by atoms with Crippen LogP contribution in [0.4, 0.5) is 5.69 Å². The number of nitrogens with two attached hydrogens (primary N) is 1. The lowest BCUT2D eigenvalue weighted by Gasteiger charge is -2.07. The van der Waals surface area contributed by atoms with Crippen LogP contribution in [0.3, 0.4) is 0 Å². The number of esters is 1. The molecule has 2 rings (SSSR count). The second kappa shape index (κ2) is 6.18. The number of carbonyl (C=O) groups is 1. The molecule has 1 aromatic heterocycles. The number of aryl methyl sites for hydroxylation is 3. The molecule has 0 unspecified atom stereocenters. The van der Waals surface area contributed by atoms with Crippen LogP contribution >= 0.6 is 11.6 Å². The van der Waals surface area contributed by atoms with E-state index in [-0.39, 0.29) is 6.61 Å². The predicted octanol–water partition coefficient (Wildman–Crippen LogP) is 2.88. The number of aromatic nitrogens is 2. The van der Waals surface area contributed by atoms with Crippen molar-refractivity contribution in [3.05, 3.63) is 45.7 Å². The predicted molar refractivity (Wildman–Crippen MR) is 82.3 cm³/mol. The highest BCUT2D eigenvalue weighted by atomic mass is 35.5. The molecular weight excluding hydrogens is 290 g/mol. The standard InChI is InChI=1S/C15H18ClN3O2/c1-4-12-14(16)13(19(3)18-12)8-21-15(20)10-5-9(2)6-11(17)7-10/h5-7H,4,8,17H2,1-3H3. The monoisotopic (exact) mass is 307 g/mol. The first-order valence-corrected chi connectivity index (χ1v) is 7.04. The summed E-state index contributed by atoms with van der Waals surface area (Å²) in [5.74, 6) is -0.430. The van der Waals surface area contributed by atoms with Crippen LogP contribution in [0.25, 0.3) is 0 Å². The number of halogens is 1. The van der Waals surface area contributed by atoms with Crippen LogP contribution in [-0.4, -0.2) is 15.7 Å². The van der Waals surface area contributed by atoms with Gasteiger partial charge in [-0.05, 0) is 37.1 Å². The summed E-state index contributed by atoms with van der Waals surface area (Å²) in [6, 6.07) is 5.13. The number of anilines is 1. The summed E-state index contributed by atoms with van der Waals surface area (Å²) in [5, 5.41) is 4.83. The number of benzene rings is 1. The lowest BCUT2D eigenvalue weighted by atomic mass is 10.1. The zero-order valence-corrected chi connectivity index (χ0v) is 13.1. The minimum atomic E-state index is -0.430. The fraction of sp³-hybridized carbons (Fsp3) is 0.333. The van der Waals surface area contributed by atoms with Crippen molar-refractivity contribution in [2.24, 2.45) is 7.05 Å². The number of hydrogen-bond acceptors (Lipinski definition) is 4. The fourth-order valence-electron chi connectivity index (χ4n) is 2.12. The average molecular weight is 308 g/mol. The molecule has 0 saturated heterocycles. The van der Waals surface area contributed by atoms with Crippen LogP contribution in [0.15, 0.2) is 18.2 Å². The van der Waals surface area contributed by atoms with Crippen LogP contribution in [0.5, 0.6) is 0 Å². The van der Waals surface area contributed by atoms with Gasteiger partial charge in [-0.3, -0.25) is 4.68 Å². The number of nitrogens with zero attached hydrogens (tertiary/aromatic N) is 2. The maximum absolute atomic E-state index is 12.1. The Morgan fingerprint density at radius 2 is 2.14 bits per heavy atom. The Labute approximate surface area is 128 Å². The van der Waals surface area contributed by atoms with Gasteiger partial charge < -0.3 is 10.5 Å². The molecule has 0 fully saturated rings. The van der Waals surface area contributed by atoms with Gasteiger partial charge in [0.15, 0.2) is 0 Å². The Morgan fingerprint density at radius 3 is 2.71 bits per heavy atom. The maximum atomic E-state index is 12.1. The van der Waals surface area contributed by atoms with E-state index in [1.54, 1.807) is 29.9 Å². The molecular formula is C15H18ClN3O2. The van der Waals surface area contributed by atoms with Crippen molar-refractivity contribution in [1.82, 2.24) is 9.78 Å². The topological polar surface area (TPSA) is 70.1 Å². The van der Waals surface area contributed by atoms with Gasteiger partial charge in [-0.15, -0.1) is 0 Å². The highest BCUT2D eigenvalue weighted by Gasteiger charge is 2.16. The highest BCUT2D eigenvalue weighted by molar-refractivity contribution is 6.31. The van der Waals surface area contributed by atoms with E-state index in [4.69, 9.17) is 22.1 Å². The van der Waals surface area contributed by atoms with Gasteiger partial charge in [-0.25, -0.2) is 4.79 Å². The third-order valence-electron chi connectivity index (χ3n) is 3.18. The summed E-state index contributed by atoms with van der Waals surface area (Å²) in [6.45, 7) is 3.92. The Kier molecular flexibility index (Phi) is 4.53. The second-order valence-electron chi connectivity index (χ2n) is 4.89. The van der Waals surface area contributed by atoms with Gasteiger partial charge in [-0.1, -0.05) is 18.5 Å². The van der Waals surface area contributed by atoms with Crippen LogP contribution in [0, 0.1) is 6.92 Å². The molecule has 6 heteroatoms. The third-order valence-corrected chi connectivity index (χ3v) is 3.61. The molecule has 112 valence electrons. The van der Waals surface area contributed by atoms with E-state index in [2.05, 4.69) is 5.10 Å². The van der Waals surface area contributed by atoms with Crippen molar-refractivity contribution in [1.29, 1.82) is 0 Å². The molecule has 0 bridgehead atoms. The first-order chi connectivity index (χ1) is 9.92. The summed E-state index contributed by atoms with van der Waals surface area (Å²) >= 11 is 6.22. The van der Waals surface area contributed by atoms with Crippen molar-refractivity contribution >= 4 is 23.3 Å². The zero-order chi connectivity index (χ0) is 15.6. The summed E-state index contributed by atoms with van der Waals surface area (Å²) < 4.78 is 6.94. The summed E-state index contributed by atoms with van der Waals surface area (Å²) in [4.78, 5) is 12.1. The second-order valence-corrected chi connectivity index (χ2v) is 5.27. The van der Waals surface area contributed by atoms with Crippen LogP contribution < -0.4 is 5.73 Å². The number of ether oxygens (including phenoxy) is 1. The van der Waals surface area contributed by atoms with Gasteiger partial charge in [0, 0.05) is 12.7 Å². The molecule has 0 aliphatic carbocycles. The molecule has 0 aliphatic heterocycles. The Hall–Kier alpha value is -2.01. The van der Waals surface area contributed by atoms with Crippen molar-refractivity contribution in [3.8, 4) is 0 Å². The van der Waals surface area contributed by atoms with E-state index >= 15 is 0 Å². The van der Waals surface area contributed by atoms with E-state index < -0.39 is 5.97 Å². The quantitative estimate of drug-likeness (QED) is 0.696. The summed E-state index contributed by atoms with van der Waals surface area (Å²) in [7, 11) is 1.78. The molecule has 2 N–H and O–H groups in total. The fourth-order valence-corrected chi connectivity index (χ4v) is 2.47. The summed E-state index contributed by atoms with van der Waals surface area (Å²) in [5.41, 5.74) is 9.09. The first kappa shape index (κ1) is 15.4. The molecule has 0 amide bonds. The van der Waals surface area contributed by atoms with Crippen molar-refractivity contribution in [2.75, 3.05) is 5.73 Å². The SMILES string of the molecule is CCc1nn(C)c(COC(=O)c2cc(C)cc(N)c2)c1Cl. The Bertz CT molecular complexity index is 660. The largest absolute Gasteiger partial charge is 0.456 e. The molecule has 1 aromatic carbocycles. The van der Waals surface area contributed by atoms with E-state index in [1.165, 1.54) is 0 Å². The lowest BCUT2D eigenvalue weighted by Crippen LogP contribution is -2.09. The van der Waals surface area contributed by atoms with Crippen LogP contribution in [-0.2, 0) is 24.8 Å². The van der Waals surface area contributed by atoms with Gasteiger partial charge in [0.05, 0.1) is 22.0 Å². The van der Waals surface area contributed by atoms with E-state index in [0.29, 0.717) is 22.0 Å². The highest BCUT2D eigenvalue weighted by Crippen LogP contribution is 2.22. The first-order valence-electron chi connectivity index (χ1n) is 6.67. The Balaban J connectivity index is 2.13. The minimum Gasteiger partial charge on any atom is -0.456 e. The minimum absolute atomic E-state index is 0.0784. The molecule has 1 heterocycles. The van der Waals surface area contributed by atoms with Gasteiger partial charge >= 0.3 is 5.97 Å². The van der Waals surface area contributed by atoms with Crippen molar-refractivity contribution in [2.45, 2.75) is 26.9 Å². The number of rotatable bonds is 4. The molecule has 0 saturated carbocycles. The van der Waals surface area contributed by atoms with Crippen molar-refractivity contribution in [3.63, 3.8) is 0 Å². The number of nitrogen functional groups attached to an aromatic ring is 1. The number of hydrogen-bond donors (Lipinski definition) is 1. The number of carbonyl (C=O) groups excluding carboxylic acids is 1. The lowest BCUT2D eigenvalue weighted by molar-refractivity contribution is 0.0463. The van der Waals surface area contributed by atoms with Crippen LogP contribution in [0.2, 0.25) is 5.02 Å². The normalized spacial score (nSPS) is 10.7. The molecule has 5 nitrogen and oxygen atoms in total. The van der Waals surface area contributed by atoms with Gasteiger partial charge in [0.25, 0.3) is 0 Å². The Morgan fingerprint density at radius 1 is 1.43 bits per heavy atom. The molecule has 0 spiro atoms. The van der Waals surface area contributed by atoms with Crippen molar-refractivity contribution < 1.29 is 9.53 Å². The molecule has 0 atom stereocenters. The maximum Gasteiger partial charge on any atom is 0.338 e. The van der Waals surface area contributed by atoms with E-state index in [0.717, 1.165) is 17.7 Å². The van der Waals surface area contributed by atoms with Gasteiger partial charge in [-0.2, -0.15) is 5.10 Å². The average Bonchev–Trinajstić information content (AvgIpc) is 2.69. The molecule has 21 heavy (non-hydrogen) atoms. The molecule has 0 aliphatic rings. The molecule has 2 aromatic rings. The van der Waals surface area contributed by atoms with Gasteiger partial charge in [0.2, 0.25) is 0 Å². The van der Waals surface area contributed by atoms with E-state index in [9.17, 15) is 4.79 Å². The third kappa shape index (κ3) is 3.36. The van der Waals surface area contributed by atoms with Gasteiger partial charge in [0.1, 0.15) is 6.61 Å². The smallest absolute Gasteiger partial charge is 0.338 e. The molecule has 0 radical (unpaired) electrons.